The zero-order chi connectivity index (χ0) is 14.7. The van der Waals surface area contributed by atoms with E-state index in [4.69, 9.17) is 4.42 Å². The first-order valence-corrected chi connectivity index (χ1v) is 7.80. The number of carbonyl (C=O) groups is 1. The molecule has 0 aliphatic carbocycles. The predicted octanol–water partition coefficient (Wildman–Crippen LogP) is 3.44. The number of aromatic nitrogens is 2. The van der Waals surface area contributed by atoms with Crippen molar-refractivity contribution in [2.45, 2.75) is 26.8 Å². The fourth-order valence-corrected chi connectivity index (χ4v) is 2.44. The van der Waals surface area contributed by atoms with Crippen molar-refractivity contribution in [1.82, 2.24) is 15.1 Å². The van der Waals surface area contributed by atoms with Gasteiger partial charge in [-0.15, -0.1) is 0 Å². The Labute approximate surface area is 134 Å². The topological polar surface area (TPSA) is 60.1 Å². The fourth-order valence-electron chi connectivity index (χ4n) is 1.85. The molecule has 0 unspecified atom stereocenters. The molecular formula is C13H15Br2N3O2. The van der Waals surface area contributed by atoms with Gasteiger partial charge in [-0.05, 0) is 64.3 Å². The number of hydrogen-bond donors (Lipinski definition) is 1. The average molecular weight is 405 g/mol. The lowest BCUT2D eigenvalue weighted by atomic mass is 10.3. The summed E-state index contributed by atoms with van der Waals surface area (Å²) in [6.45, 7) is 5.32. The highest BCUT2D eigenvalue weighted by atomic mass is 79.9. The Morgan fingerprint density at radius 3 is 2.70 bits per heavy atom. The lowest BCUT2D eigenvalue weighted by Crippen LogP contribution is -2.25. The summed E-state index contributed by atoms with van der Waals surface area (Å²) in [6, 6.07) is 3.33. The number of nitrogens with zero attached hydrogens (tertiary/aromatic N) is 2. The molecule has 5 nitrogen and oxygen atoms in total. The van der Waals surface area contributed by atoms with Crippen molar-refractivity contribution in [2.75, 3.05) is 6.54 Å². The summed E-state index contributed by atoms with van der Waals surface area (Å²) in [5.41, 5.74) is 2.08. The zero-order valence-corrected chi connectivity index (χ0v) is 14.4. The van der Waals surface area contributed by atoms with Crippen LogP contribution in [0.15, 0.2) is 25.7 Å². The molecule has 7 heteroatoms. The van der Waals surface area contributed by atoms with Crippen LogP contribution in [-0.4, -0.2) is 22.2 Å². The SMILES string of the molecule is Cc1nn(CCCNC(=O)c2ccc(Br)o2)c(C)c1Br. The number of hydrogen-bond acceptors (Lipinski definition) is 3. The molecule has 0 aliphatic heterocycles. The van der Waals surface area contributed by atoms with Gasteiger partial charge in [-0.3, -0.25) is 9.48 Å². The highest BCUT2D eigenvalue weighted by molar-refractivity contribution is 9.10. The van der Waals surface area contributed by atoms with E-state index in [2.05, 4.69) is 42.3 Å². The molecule has 0 fully saturated rings. The average Bonchev–Trinajstić information content (AvgIpc) is 2.95. The maximum Gasteiger partial charge on any atom is 0.287 e. The molecular weight excluding hydrogens is 390 g/mol. The van der Waals surface area contributed by atoms with E-state index < -0.39 is 0 Å². The maximum absolute atomic E-state index is 11.7. The van der Waals surface area contributed by atoms with Gasteiger partial charge in [0.05, 0.1) is 10.2 Å². The molecule has 0 saturated carbocycles. The molecule has 108 valence electrons. The number of nitrogens with one attached hydrogen (secondary N) is 1. The highest BCUT2D eigenvalue weighted by Gasteiger charge is 2.10. The number of amides is 1. The summed E-state index contributed by atoms with van der Waals surface area (Å²) >= 11 is 6.66. The summed E-state index contributed by atoms with van der Waals surface area (Å²) in [7, 11) is 0. The summed E-state index contributed by atoms with van der Waals surface area (Å²) in [4.78, 5) is 11.7. The minimum Gasteiger partial charge on any atom is -0.444 e. The van der Waals surface area contributed by atoms with E-state index >= 15 is 0 Å². The molecule has 2 heterocycles. The molecule has 0 spiro atoms. The third-order valence-electron chi connectivity index (χ3n) is 2.92. The quantitative estimate of drug-likeness (QED) is 0.776. The zero-order valence-electron chi connectivity index (χ0n) is 11.2. The van der Waals surface area contributed by atoms with Gasteiger partial charge in [0.15, 0.2) is 10.4 Å². The van der Waals surface area contributed by atoms with Crippen molar-refractivity contribution in [3.8, 4) is 0 Å². The molecule has 1 amide bonds. The van der Waals surface area contributed by atoms with Gasteiger partial charge in [0.1, 0.15) is 0 Å². The van der Waals surface area contributed by atoms with E-state index in [1.165, 1.54) is 0 Å². The number of halogens is 2. The van der Waals surface area contributed by atoms with E-state index in [1.54, 1.807) is 12.1 Å². The largest absolute Gasteiger partial charge is 0.444 e. The van der Waals surface area contributed by atoms with Crippen LogP contribution in [0.1, 0.15) is 28.4 Å². The molecule has 0 bridgehead atoms. The van der Waals surface area contributed by atoms with Gasteiger partial charge in [-0.1, -0.05) is 0 Å². The highest BCUT2D eigenvalue weighted by Crippen LogP contribution is 2.19. The van der Waals surface area contributed by atoms with E-state index in [0.29, 0.717) is 17.0 Å². The van der Waals surface area contributed by atoms with Crippen LogP contribution in [0.4, 0.5) is 0 Å². The van der Waals surface area contributed by atoms with Crippen molar-refractivity contribution in [3.63, 3.8) is 0 Å². The Morgan fingerprint density at radius 1 is 1.40 bits per heavy atom. The second-order valence-corrected chi connectivity index (χ2v) is 6.00. The molecule has 0 aliphatic rings. The van der Waals surface area contributed by atoms with Gasteiger partial charge < -0.3 is 9.73 Å². The van der Waals surface area contributed by atoms with Gasteiger partial charge in [-0.2, -0.15) is 5.10 Å². The Bertz CT molecular complexity index is 619. The van der Waals surface area contributed by atoms with E-state index in [0.717, 1.165) is 28.8 Å². The minimum atomic E-state index is -0.203. The summed E-state index contributed by atoms with van der Waals surface area (Å²) in [5.74, 6) is 0.107. The van der Waals surface area contributed by atoms with Gasteiger partial charge in [-0.25, -0.2) is 0 Å². The van der Waals surface area contributed by atoms with E-state index in [9.17, 15) is 4.79 Å². The number of rotatable bonds is 5. The van der Waals surface area contributed by atoms with Crippen LogP contribution in [0.5, 0.6) is 0 Å². The van der Waals surface area contributed by atoms with Crippen LogP contribution in [0.25, 0.3) is 0 Å². The molecule has 1 N–H and O–H groups in total. The van der Waals surface area contributed by atoms with E-state index in [1.807, 2.05) is 18.5 Å². The second kappa shape index (κ2) is 6.58. The molecule has 0 saturated heterocycles. The van der Waals surface area contributed by atoms with Gasteiger partial charge in [0, 0.05) is 18.8 Å². The normalized spacial score (nSPS) is 10.8. The van der Waals surface area contributed by atoms with Crippen LogP contribution in [-0.2, 0) is 6.54 Å². The standard InChI is InChI=1S/C13H15Br2N3O2/c1-8-12(15)9(2)18(17-8)7-3-6-16-13(19)10-4-5-11(14)20-10/h4-5H,3,6-7H2,1-2H3,(H,16,19). The number of aryl methyl sites for hydroxylation is 2. The van der Waals surface area contributed by atoms with Crippen molar-refractivity contribution in [3.05, 3.63) is 38.4 Å². The van der Waals surface area contributed by atoms with Crippen LogP contribution >= 0.6 is 31.9 Å². The van der Waals surface area contributed by atoms with Crippen molar-refractivity contribution in [1.29, 1.82) is 0 Å². The fraction of sp³-hybridized carbons (Fsp3) is 0.385. The van der Waals surface area contributed by atoms with Gasteiger partial charge >= 0.3 is 0 Å². The number of carbonyl (C=O) groups excluding carboxylic acids is 1. The Kier molecular flexibility index (Phi) is 5.04. The van der Waals surface area contributed by atoms with Crippen LogP contribution in [0, 0.1) is 13.8 Å². The van der Waals surface area contributed by atoms with E-state index in [-0.39, 0.29) is 5.91 Å². The van der Waals surface area contributed by atoms with Crippen LogP contribution in [0.2, 0.25) is 0 Å². The van der Waals surface area contributed by atoms with Gasteiger partial charge in [0.2, 0.25) is 0 Å². The molecule has 2 aromatic rings. The Morgan fingerprint density at radius 2 is 2.15 bits per heavy atom. The molecule has 2 rings (SSSR count). The van der Waals surface area contributed by atoms with Crippen molar-refractivity contribution in [2.24, 2.45) is 0 Å². The lowest BCUT2D eigenvalue weighted by Gasteiger charge is -2.05. The van der Waals surface area contributed by atoms with Crippen LogP contribution < -0.4 is 5.32 Å². The Balaban J connectivity index is 1.79. The smallest absolute Gasteiger partial charge is 0.287 e. The van der Waals surface area contributed by atoms with Gasteiger partial charge in [0.25, 0.3) is 5.91 Å². The molecule has 20 heavy (non-hydrogen) atoms. The second-order valence-electron chi connectivity index (χ2n) is 4.42. The molecule has 2 aromatic heterocycles. The summed E-state index contributed by atoms with van der Waals surface area (Å²) < 4.78 is 8.71. The van der Waals surface area contributed by atoms with Crippen LogP contribution in [0.3, 0.4) is 0 Å². The minimum absolute atomic E-state index is 0.203. The summed E-state index contributed by atoms with van der Waals surface area (Å²) in [5, 5.41) is 7.24. The summed E-state index contributed by atoms with van der Waals surface area (Å²) in [6.07, 6.45) is 0.808. The predicted molar refractivity (Wildman–Crippen MR) is 82.8 cm³/mol. The third-order valence-corrected chi connectivity index (χ3v) is 4.50. The first-order chi connectivity index (χ1) is 9.49. The molecule has 0 atom stereocenters. The van der Waals surface area contributed by atoms with Crippen molar-refractivity contribution < 1.29 is 9.21 Å². The Hall–Kier alpha value is -1.08. The molecule has 0 aromatic carbocycles. The van der Waals surface area contributed by atoms with Crippen molar-refractivity contribution >= 4 is 37.8 Å². The third kappa shape index (κ3) is 3.52. The monoisotopic (exact) mass is 403 g/mol. The lowest BCUT2D eigenvalue weighted by molar-refractivity contribution is 0.0923. The number of furan rings is 1. The first-order valence-electron chi connectivity index (χ1n) is 6.22. The molecule has 0 radical (unpaired) electrons. The maximum atomic E-state index is 11.7. The first kappa shape index (κ1) is 15.3.